The highest BCUT2D eigenvalue weighted by atomic mass is 16.2. The third kappa shape index (κ3) is 4.15. The fraction of sp³-hybridized carbons (Fsp3) is 0.458. The van der Waals surface area contributed by atoms with Gasteiger partial charge in [0.05, 0.1) is 17.2 Å². The number of nitrogens with zero attached hydrogens (tertiary/aromatic N) is 7. The number of benzene rings is 1. The minimum absolute atomic E-state index is 0.0512. The van der Waals surface area contributed by atoms with Crippen molar-refractivity contribution < 1.29 is 4.79 Å². The van der Waals surface area contributed by atoms with Crippen LogP contribution in [0.15, 0.2) is 41.5 Å². The van der Waals surface area contributed by atoms with Crippen LogP contribution >= 0.6 is 0 Å². The van der Waals surface area contributed by atoms with E-state index in [9.17, 15) is 9.59 Å². The summed E-state index contributed by atoms with van der Waals surface area (Å²) < 4.78 is 1.81. The van der Waals surface area contributed by atoms with Crippen molar-refractivity contribution in [1.82, 2.24) is 24.6 Å². The molecular weight excluding hydrogens is 418 g/mol. The molecule has 0 N–H and O–H groups in total. The van der Waals surface area contributed by atoms with Crippen LogP contribution < -0.4 is 15.4 Å². The molecule has 1 aliphatic carbocycles. The van der Waals surface area contributed by atoms with E-state index in [0.29, 0.717) is 37.3 Å². The molecule has 0 radical (unpaired) electrons. The molecule has 1 saturated carbocycles. The Morgan fingerprint density at radius 1 is 1.00 bits per heavy atom. The Bertz CT molecular complexity index is 1210. The Morgan fingerprint density at radius 3 is 2.42 bits per heavy atom. The monoisotopic (exact) mass is 447 g/mol. The number of carbonyl (C=O) groups excluding carboxylic acids is 1. The van der Waals surface area contributed by atoms with E-state index in [2.05, 4.69) is 20.1 Å². The number of hydrogen-bond acceptors (Lipinski definition) is 7. The lowest BCUT2D eigenvalue weighted by Gasteiger charge is -2.36. The molecule has 3 aromatic rings. The summed E-state index contributed by atoms with van der Waals surface area (Å²) in [6.45, 7) is 2.62. The first-order valence-electron chi connectivity index (χ1n) is 11.6. The maximum Gasteiger partial charge on any atom is 0.274 e. The Kier molecular flexibility index (Phi) is 5.70. The molecule has 1 aliphatic heterocycles. The van der Waals surface area contributed by atoms with Crippen molar-refractivity contribution >= 4 is 28.3 Å². The van der Waals surface area contributed by atoms with Crippen molar-refractivity contribution in [3.8, 4) is 0 Å². The Labute approximate surface area is 192 Å². The summed E-state index contributed by atoms with van der Waals surface area (Å²) in [5.74, 6) is 0.622. The van der Waals surface area contributed by atoms with Gasteiger partial charge in [-0.2, -0.15) is 0 Å². The third-order valence-corrected chi connectivity index (χ3v) is 6.75. The predicted molar refractivity (Wildman–Crippen MR) is 128 cm³/mol. The molecule has 9 heteroatoms. The van der Waals surface area contributed by atoms with E-state index >= 15 is 0 Å². The van der Waals surface area contributed by atoms with Crippen LogP contribution in [0.25, 0.3) is 10.9 Å². The lowest BCUT2D eigenvalue weighted by Crippen LogP contribution is -2.49. The maximum absolute atomic E-state index is 13.0. The van der Waals surface area contributed by atoms with Crippen LogP contribution in [-0.2, 0) is 0 Å². The topological polar surface area (TPSA) is 87.5 Å². The predicted octanol–water partition coefficient (Wildman–Crippen LogP) is 2.33. The summed E-state index contributed by atoms with van der Waals surface area (Å²) >= 11 is 0. The number of aromatic nitrogens is 4. The second-order valence-electron chi connectivity index (χ2n) is 9.05. The second kappa shape index (κ2) is 8.80. The highest BCUT2D eigenvalue weighted by Crippen LogP contribution is 2.28. The molecule has 0 unspecified atom stereocenters. The van der Waals surface area contributed by atoms with Gasteiger partial charge in [0.25, 0.3) is 11.5 Å². The first kappa shape index (κ1) is 21.4. The molecule has 1 amide bonds. The minimum atomic E-state index is -0.0971. The SMILES string of the molecule is CN(C)c1ccc(C(=O)N2CCN(c3ccc4c(=O)n(C5CCCC5)cnc4c3)CC2)nn1. The molecule has 2 aromatic heterocycles. The Hall–Kier alpha value is -3.49. The average molecular weight is 448 g/mol. The van der Waals surface area contributed by atoms with E-state index in [0.717, 1.165) is 29.9 Å². The Balaban J connectivity index is 1.27. The van der Waals surface area contributed by atoms with Crippen LogP contribution in [0.1, 0.15) is 42.2 Å². The van der Waals surface area contributed by atoms with Gasteiger partial charge in [-0.1, -0.05) is 12.8 Å². The number of amides is 1. The van der Waals surface area contributed by atoms with E-state index in [1.54, 1.807) is 18.5 Å². The summed E-state index contributed by atoms with van der Waals surface area (Å²) in [4.78, 5) is 36.3. The van der Waals surface area contributed by atoms with E-state index < -0.39 is 0 Å². The molecule has 9 nitrogen and oxygen atoms in total. The van der Waals surface area contributed by atoms with Gasteiger partial charge in [-0.05, 0) is 43.2 Å². The minimum Gasteiger partial charge on any atom is -0.368 e. The van der Waals surface area contributed by atoms with Crippen LogP contribution in [0.4, 0.5) is 11.5 Å². The van der Waals surface area contributed by atoms with Crippen molar-refractivity contribution in [1.29, 1.82) is 0 Å². The van der Waals surface area contributed by atoms with Gasteiger partial charge in [0.2, 0.25) is 0 Å². The molecule has 0 bridgehead atoms. The van der Waals surface area contributed by atoms with E-state index in [1.807, 2.05) is 46.7 Å². The first-order chi connectivity index (χ1) is 16.0. The maximum atomic E-state index is 13.0. The molecule has 2 aliphatic rings. The van der Waals surface area contributed by atoms with Crippen LogP contribution in [-0.4, -0.2) is 70.8 Å². The molecule has 0 spiro atoms. The standard InChI is InChI=1S/C24H29N7O2/c1-28(2)22-10-9-20(26-27-22)24(33)30-13-11-29(12-14-30)18-7-8-19-21(15-18)25-16-31(23(19)32)17-5-3-4-6-17/h7-10,15-17H,3-6,11-14H2,1-2H3. The van der Waals surface area contributed by atoms with E-state index in [-0.39, 0.29) is 17.5 Å². The highest BCUT2D eigenvalue weighted by molar-refractivity contribution is 5.92. The molecule has 0 atom stereocenters. The normalized spacial score (nSPS) is 17.0. The van der Waals surface area contributed by atoms with Gasteiger partial charge in [-0.3, -0.25) is 14.2 Å². The molecule has 172 valence electrons. The number of piperazine rings is 1. The van der Waals surface area contributed by atoms with E-state index in [1.165, 1.54) is 12.8 Å². The zero-order valence-electron chi connectivity index (χ0n) is 19.1. The largest absolute Gasteiger partial charge is 0.368 e. The molecule has 1 saturated heterocycles. The van der Waals surface area contributed by atoms with Crippen LogP contribution in [0, 0.1) is 0 Å². The summed E-state index contributed by atoms with van der Waals surface area (Å²) in [7, 11) is 3.77. The van der Waals surface area contributed by atoms with Crippen LogP contribution in [0.2, 0.25) is 0 Å². The summed E-state index contributed by atoms with van der Waals surface area (Å²) in [6, 6.07) is 9.68. The average Bonchev–Trinajstić information content (AvgIpc) is 3.38. The fourth-order valence-electron chi connectivity index (χ4n) is 4.77. The van der Waals surface area contributed by atoms with Crippen molar-refractivity contribution in [3.63, 3.8) is 0 Å². The quantitative estimate of drug-likeness (QED) is 0.607. The molecular formula is C24H29N7O2. The number of fused-ring (bicyclic) bond motifs is 1. The van der Waals surface area contributed by atoms with E-state index in [4.69, 9.17) is 0 Å². The Morgan fingerprint density at radius 2 is 1.76 bits per heavy atom. The lowest BCUT2D eigenvalue weighted by atomic mass is 10.1. The highest BCUT2D eigenvalue weighted by Gasteiger charge is 2.24. The number of carbonyl (C=O) groups is 1. The second-order valence-corrected chi connectivity index (χ2v) is 9.05. The molecule has 3 heterocycles. The van der Waals surface area contributed by atoms with Crippen LogP contribution in [0.3, 0.4) is 0 Å². The first-order valence-corrected chi connectivity index (χ1v) is 11.6. The molecule has 33 heavy (non-hydrogen) atoms. The van der Waals surface area contributed by atoms with Crippen molar-refractivity contribution in [3.05, 3.63) is 52.7 Å². The van der Waals surface area contributed by atoms with Gasteiger partial charge in [-0.15, -0.1) is 10.2 Å². The molecule has 2 fully saturated rings. The molecule has 1 aromatic carbocycles. The number of hydrogen-bond donors (Lipinski definition) is 0. The number of anilines is 2. The smallest absolute Gasteiger partial charge is 0.274 e. The lowest BCUT2D eigenvalue weighted by molar-refractivity contribution is 0.0739. The zero-order chi connectivity index (χ0) is 22.9. The fourth-order valence-corrected chi connectivity index (χ4v) is 4.77. The summed E-state index contributed by atoms with van der Waals surface area (Å²) in [6.07, 6.45) is 6.18. The van der Waals surface area contributed by atoms with Gasteiger partial charge < -0.3 is 14.7 Å². The van der Waals surface area contributed by atoms with Gasteiger partial charge >= 0.3 is 0 Å². The molecule has 5 rings (SSSR count). The number of rotatable bonds is 4. The van der Waals surface area contributed by atoms with Gasteiger partial charge in [0.15, 0.2) is 11.5 Å². The van der Waals surface area contributed by atoms with Gasteiger partial charge in [0.1, 0.15) is 0 Å². The summed E-state index contributed by atoms with van der Waals surface area (Å²) in [5, 5.41) is 8.87. The summed E-state index contributed by atoms with van der Waals surface area (Å²) in [5.41, 5.74) is 2.16. The zero-order valence-corrected chi connectivity index (χ0v) is 19.1. The van der Waals surface area contributed by atoms with Crippen LogP contribution in [0.5, 0.6) is 0 Å². The third-order valence-electron chi connectivity index (χ3n) is 6.75. The van der Waals surface area contributed by atoms with Gasteiger partial charge in [0, 0.05) is 52.0 Å². The van der Waals surface area contributed by atoms with Crippen molar-refractivity contribution in [2.24, 2.45) is 0 Å². The van der Waals surface area contributed by atoms with Crippen molar-refractivity contribution in [2.75, 3.05) is 50.1 Å². The van der Waals surface area contributed by atoms with Gasteiger partial charge in [-0.25, -0.2) is 4.98 Å². The van der Waals surface area contributed by atoms with Crippen molar-refractivity contribution in [2.45, 2.75) is 31.7 Å².